The zero-order valence-corrected chi connectivity index (χ0v) is 10.0. The van der Waals surface area contributed by atoms with Gasteiger partial charge >= 0.3 is 6.16 Å². The second kappa shape index (κ2) is 6.33. The van der Waals surface area contributed by atoms with Gasteiger partial charge in [0.05, 0.1) is 19.3 Å². The van der Waals surface area contributed by atoms with Gasteiger partial charge in [-0.2, -0.15) is 0 Å². The van der Waals surface area contributed by atoms with E-state index in [2.05, 4.69) is 14.7 Å². The fourth-order valence-electron chi connectivity index (χ4n) is 1.17. The van der Waals surface area contributed by atoms with E-state index in [0.717, 1.165) is 0 Å². The van der Waals surface area contributed by atoms with Crippen LogP contribution >= 0.6 is 0 Å². The Balaban J connectivity index is 2.86. The van der Waals surface area contributed by atoms with Crippen molar-refractivity contribution < 1.29 is 24.2 Å². The van der Waals surface area contributed by atoms with Crippen molar-refractivity contribution in [3.8, 4) is 11.5 Å². The predicted octanol–water partition coefficient (Wildman–Crippen LogP) is 1.19. The Labute approximate surface area is 104 Å². The van der Waals surface area contributed by atoms with E-state index in [1.807, 2.05) is 0 Å². The number of para-hydroxylation sites is 1. The second-order valence-electron chi connectivity index (χ2n) is 3.11. The van der Waals surface area contributed by atoms with E-state index in [4.69, 9.17) is 10.5 Å². The number of aromatic hydroxyl groups is 1. The van der Waals surface area contributed by atoms with Gasteiger partial charge in [-0.25, -0.2) is 4.79 Å². The summed E-state index contributed by atoms with van der Waals surface area (Å²) in [7, 11) is 1.40. The van der Waals surface area contributed by atoms with Gasteiger partial charge in [-0.15, -0.1) is 0 Å². The highest BCUT2D eigenvalue weighted by atomic mass is 16.8. The molecular formula is C11H14N2O5. The van der Waals surface area contributed by atoms with Crippen LogP contribution in [0.3, 0.4) is 0 Å². The molecule has 0 saturated heterocycles. The number of carbonyl (C=O) groups excluding carboxylic acids is 1. The van der Waals surface area contributed by atoms with Crippen molar-refractivity contribution in [1.29, 1.82) is 0 Å². The zero-order chi connectivity index (χ0) is 13.5. The summed E-state index contributed by atoms with van der Waals surface area (Å²) in [5.41, 5.74) is 5.76. The number of methoxy groups -OCH3 is 1. The summed E-state index contributed by atoms with van der Waals surface area (Å²) < 4.78 is 9.40. The average Bonchev–Trinajstić information content (AvgIpc) is 2.36. The van der Waals surface area contributed by atoms with Gasteiger partial charge in [0, 0.05) is 0 Å². The molecule has 0 aliphatic heterocycles. The Morgan fingerprint density at radius 1 is 1.50 bits per heavy atom. The van der Waals surface area contributed by atoms with Crippen LogP contribution in [0, 0.1) is 0 Å². The Morgan fingerprint density at radius 2 is 2.22 bits per heavy atom. The maximum absolute atomic E-state index is 10.9. The van der Waals surface area contributed by atoms with Gasteiger partial charge in [0.2, 0.25) is 0 Å². The summed E-state index contributed by atoms with van der Waals surface area (Å²) >= 11 is 0. The minimum absolute atomic E-state index is 0.165. The molecule has 0 saturated carbocycles. The first kappa shape index (κ1) is 13.6. The third-order valence-electron chi connectivity index (χ3n) is 1.98. The number of nitrogens with two attached hydrogens (primary N) is 1. The molecule has 0 atom stereocenters. The lowest BCUT2D eigenvalue weighted by Gasteiger charge is -2.07. The molecule has 3 N–H and O–H groups in total. The Hall–Kier alpha value is -2.44. The lowest BCUT2D eigenvalue weighted by atomic mass is 10.2. The number of oxime groups is 1. The van der Waals surface area contributed by atoms with E-state index >= 15 is 0 Å². The molecule has 1 rings (SSSR count). The molecule has 0 amide bonds. The first-order valence-electron chi connectivity index (χ1n) is 5.13. The fourth-order valence-corrected chi connectivity index (χ4v) is 1.17. The molecule has 0 fully saturated rings. The van der Waals surface area contributed by atoms with Crippen LogP contribution in [0.4, 0.5) is 4.79 Å². The van der Waals surface area contributed by atoms with E-state index in [0.29, 0.717) is 0 Å². The standard InChI is InChI=1S/C11H14N2O5/c1-3-17-11(15)18-13-10(12)7-5-4-6-8(16-2)9(7)14/h4-6,14H,3H2,1-2H3,(H2,12,13). The van der Waals surface area contributed by atoms with Crippen molar-refractivity contribution in [3.63, 3.8) is 0 Å². The number of ether oxygens (including phenoxy) is 2. The summed E-state index contributed by atoms with van der Waals surface area (Å²) in [6.07, 6.45) is -0.970. The third-order valence-corrected chi connectivity index (χ3v) is 1.98. The van der Waals surface area contributed by atoms with Crippen LogP contribution in [0.5, 0.6) is 11.5 Å². The van der Waals surface area contributed by atoms with Gasteiger partial charge in [0.15, 0.2) is 17.3 Å². The van der Waals surface area contributed by atoms with Gasteiger partial charge in [-0.3, -0.25) is 4.84 Å². The van der Waals surface area contributed by atoms with Crippen LogP contribution in [0.25, 0.3) is 0 Å². The number of benzene rings is 1. The summed E-state index contributed by atoms with van der Waals surface area (Å²) in [5, 5.41) is 13.1. The van der Waals surface area contributed by atoms with Crippen LogP contribution in [-0.4, -0.2) is 30.8 Å². The van der Waals surface area contributed by atoms with Gasteiger partial charge in [0.1, 0.15) is 0 Å². The minimum atomic E-state index is -0.970. The van der Waals surface area contributed by atoms with E-state index in [-0.39, 0.29) is 29.5 Å². The monoisotopic (exact) mass is 254 g/mol. The maximum Gasteiger partial charge on any atom is 0.535 e. The van der Waals surface area contributed by atoms with Crippen LogP contribution < -0.4 is 10.5 Å². The number of nitrogens with zero attached hydrogens (tertiary/aromatic N) is 1. The predicted molar refractivity (Wildman–Crippen MR) is 63.5 cm³/mol. The number of amidine groups is 1. The number of carbonyl (C=O) groups is 1. The summed E-state index contributed by atoms with van der Waals surface area (Å²) in [6, 6.07) is 4.67. The van der Waals surface area contributed by atoms with Gasteiger partial charge in [0.25, 0.3) is 0 Å². The molecule has 0 heterocycles. The molecule has 0 bridgehead atoms. The van der Waals surface area contributed by atoms with E-state index in [9.17, 15) is 9.90 Å². The minimum Gasteiger partial charge on any atom is -0.504 e. The molecule has 1 aromatic carbocycles. The molecular weight excluding hydrogens is 240 g/mol. The number of hydrogen-bond donors (Lipinski definition) is 2. The number of hydrogen-bond acceptors (Lipinski definition) is 6. The number of phenolic OH excluding ortho intramolecular Hbond substituents is 1. The lowest BCUT2D eigenvalue weighted by Crippen LogP contribution is -2.16. The van der Waals surface area contributed by atoms with Crippen molar-refractivity contribution in [2.24, 2.45) is 10.9 Å². The highest BCUT2D eigenvalue weighted by molar-refractivity contribution is 6.00. The molecule has 0 aliphatic rings. The molecule has 7 nitrogen and oxygen atoms in total. The Bertz CT molecular complexity index is 459. The summed E-state index contributed by atoms with van der Waals surface area (Å²) in [6.45, 7) is 1.79. The molecule has 0 spiro atoms. The normalized spacial score (nSPS) is 10.9. The highest BCUT2D eigenvalue weighted by Crippen LogP contribution is 2.28. The molecule has 1 aromatic rings. The van der Waals surface area contributed by atoms with E-state index in [1.165, 1.54) is 13.2 Å². The molecule has 0 unspecified atom stereocenters. The topological polar surface area (TPSA) is 103 Å². The summed E-state index contributed by atoms with van der Waals surface area (Å²) in [5.74, 6) is -0.116. The lowest BCUT2D eigenvalue weighted by molar-refractivity contribution is 0.0612. The van der Waals surface area contributed by atoms with Crippen LogP contribution in [0.15, 0.2) is 23.4 Å². The second-order valence-corrected chi connectivity index (χ2v) is 3.11. The highest BCUT2D eigenvalue weighted by Gasteiger charge is 2.12. The van der Waals surface area contributed by atoms with Crippen LogP contribution in [0.2, 0.25) is 0 Å². The zero-order valence-electron chi connectivity index (χ0n) is 10.0. The number of rotatable bonds is 4. The first-order chi connectivity index (χ1) is 8.60. The van der Waals surface area contributed by atoms with Crippen molar-refractivity contribution in [2.75, 3.05) is 13.7 Å². The molecule has 7 heteroatoms. The largest absolute Gasteiger partial charge is 0.535 e. The average molecular weight is 254 g/mol. The third kappa shape index (κ3) is 3.27. The smallest absolute Gasteiger partial charge is 0.504 e. The molecule has 98 valence electrons. The molecule has 0 aliphatic carbocycles. The van der Waals surface area contributed by atoms with Crippen LogP contribution in [-0.2, 0) is 9.57 Å². The molecule has 0 radical (unpaired) electrons. The van der Waals surface area contributed by atoms with Gasteiger partial charge in [-0.1, -0.05) is 11.2 Å². The van der Waals surface area contributed by atoms with Crippen molar-refractivity contribution in [2.45, 2.75) is 6.92 Å². The van der Waals surface area contributed by atoms with Gasteiger partial charge < -0.3 is 20.3 Å². The van der Waals surface area contributed by atoms with E-state index in [1.54, 1.807) is 19.1 Å². The molecule has 18 heavy (non-hydrogen) atoms. The SMILES string of the molecule is CCOC(=O)O/N=C(\N)c1cccc(OC)c1O. The number of phenols is 1. The molecule has 0 aromatic heterocycles. The maximum atomic E-state index is 10.9. The quantitative estimate of drug-likeness (QED) is 0.275. The van der Waals surface area contributed by atoms with Crippen LogP contribution in [0.1, 0.15) is 12.5 Å². The first-order valence-corrected chi connectivity index (χ1v) is 5.13. The van der Waals surface area contributed by atoms with E-state index < -0.39 is 6.16 Å². The Kier molecular flexibility index (Phi) is 4.79. The van der Waals surface area contributed by atoms with Crippen molar-refractivity contribution >= 4 is 12.0 Å². The Morgan fingerprint density at radius 3 is 2.83 bits per heavy atom. The van der Waals surface area contributed by atoms with Crippen molar-refractivity contribution in [3.05, 3.63) is 23.8 Å². The fraction of sp³-hybridized carbons (Fsp3) is 0.273. The van der Waals surface area contributed by atoms with Gasteiger partial charge in [-0.05, 0) is 19.1 Å². The summed E-state index contributed by atoms with van der Waals surface area (Å²) in [4.78, 5) is 15.3. The van der Waals surface area contributed by atoms with Crippen molar-refractivity contribution in [1.82, 2.24) is 0 Å².